The van der Waals surface area contributed by atoms with Gasteiger partial charge in [0.1, 0.15) is 7.85 Å². The molecule has 0 aromatic heterocycles. The minimum absolute atomic E-state index is 0.869. The van der Waals surface area contributed by atoms with E-state index in [2.05, 4.69) is 97.7 Å². The molecule has 0 unspecified atom stereocenters. The van der Waals surface area contributed by atoms with E-state index in [4.69, 9.17) is 0 Å². The summed E-state index contributed by atoms with van der Waals surface area (Å²) in [6.45, 7) is 0.869. The first-order valence-electron chi connectivity index (χ1n) is 7.26. The van der Waals surface area contributed by atoms with Crippen LogP contribution in [0.1, 0.15) is 5.56 Å². The molecule has 0 saturated heterocycles. The lowest BCUT2D eigenvalue weighted by Gasteiger charge is -2.25. The summed E-state index contributed by atoms with van der Waals surface area (Å²) in [5.74, 6) is 0. The van der Waals surface area contributed by atoms with Crippen LogP contribution in [0, 0.1) is 0 Å². The van der Waals surface area contributed by atoms with Gasteiger partial charge in [-0.2, -0.15) is 0 Å². The maximum Gasteiger partial charge on any atom is 0.139 e. The van der Waals surface area contributed by atoms with Gasteiger partial charge in [0.25, 0.3) is 0 Å². The van der Waals surface area contributed by atoms with E-state index in [0.29, 0.717) is 0 Å². The van der Waals surface area contributed by atoms with Crippen LogP contribution in [0.5, 0.6) is 0 Å². The molecule has 0 aliphatic heterocycles. The van der Waals surface area contributed by atoms with Crippen LogP contribution in [0.2, 0.25) is 0 Å². The standard InChI is InChI=1S/C19H18BN/c20-17-13-11-16(12-14-17)15-21(18-7-3-1-4-8-18)19-9-5-2-6-10-19/h1-14H,15,20H2. The molecule has 0 N–H and O–H groups in total. The summed E-state index contributed by atoms with van der Waals surface area (Å²) < 4.78 is 0. The number of para-hydroxylation sites is 2. The van der Waals surface area contributed by atoms with Gasteiger partial charge in [0.2, 0.25) is 0 Å². The monoisotopic (exact) mass is 271 g/mol. The molecule has 0 fully saturated rings. The average molecular weight is 271 g/mol. The highest BCUT2D eigenvalue weighted by atomic mass is 15.1. The molecular formula is C19H18BN. The van der Waals surface area contributed by atoms with Gasteiger partial charge in [-0.25, -0.2) is 0 Å². The zero-order valence-corrected chi connectivity index (χ0v) is 12.2. The molecule has 0 atom stereocenters. The summed E-state index contributed by atoms with van der Waals surface area (Å²) in [4.78, 5) is 2.34. The highest BCUT2D eigenvalue weighted by molar-refractivity contribution is 6.32. The Balaban J connectivity index is 1.95. The van der Waals surface area contributed by atoms with Crippen LogP contribution < -0.4 is 10.4 Å². The fourth-order valence-electron chi connectivity index (χ4n) is 2.42. The van der Waals surface area contributed by atoms with Gasteiger partial charge in [-0.1, -0.05) is 66.1 Å². The van der Waals surface area contributed by atoms with E-state index in [1.54, 1.807) is 0 Å². The molecule has 3 rings (SSSR count). The second-order valence-electron chi connectivity index (χ2n) is 5.24. The third-order valence-corrected chi connectivity index (χ3v) is 3.60. The van der Waals surface area contributed by atoms with Crippen LogP contribution in [0.4, 0.5) is 11.4 Å². The van der Waals surface area contributed by atoms with E-state index >= 15 is 0 Å². The second-order valence-corrected chi connectivity index (χ2v) is 5.24. The Hall–Kier alpha value is -2.48. The lowest BCUT2D eigenvalue weighted by Crippen LogP contribution is -2.16. The molecule has 2 heteroatoms. The number of hydrogen-bond donors (Lipinski definition) is 0. The van der Waals surface area contributed by atoms with Crippen molar-refractivity contribution in [2.75, 3.05) is 4.90 Å². The van der Waals surface area contributed by atoms with Crippen LogP contribution in [0.15, 0.2) is 84.9 Å². The van der Waals surface area contributed by atoms with E-state index in [1.165, 1.54) is 22.4 Å². The van der Waals surface area contributed by atoms with Crippen molar-refractivity contribution >= 4 is 24.7 Å². The molecule has 21 heavy (non-hydrogen) atoms. The molecule has 0 saturated carbocycles. The highest BCUT2D eigenvalue weighted by Crippen LogP contribution is 2.26. The molecule has 0 bridgehead atoms. The first-order chi connectivity index (χ1) is 10.3. The molecular weight excluding hydrogens is 253 g/mol. The smallest absolute Gasteiger partial charge is 0.139 e. The topological polar surface area (TPSA) is 3.24 Å². The zero-order chi connectivity index (χ0) is 14.5. The van der Waals surface area contributed by atoms with E-state index in [0.717, 1.165) is 6.54 Å². The Morgan fingerprint density at radius 2 is 1.10 bits per heavy atom. The van der Waals surface area contributed by atoms with Gasteiger partial charge in [-0.3, -0.25) is 0 Å². The lowest BCUT2D eigenvalue weighted by atomic mass is 9.95. The summed E-state index contributed by atoms with van der Waals surface area (Å²) in [5.41, 5.74) is 5.03. The van der Waals surface area contributed by atoms with Crippen LogP contribution >= 0.6 is 0 Å². The number of benzene rings is 3. The molecule has 102 valence electrons. The molecule has 0 heterocycles. The van der Waals surface area contributed by atoms with Crippen molar-refractivity contribution in [3.05, 3.63) is 90.5 Å². The fraction of sp³-hybridized carbons (Fsp3) is 0.0526. The first kappa shape index (κ1) is 13.5. The van der Waals surface area contributed by atoms with Crippen LogP contribution in [0.3, 0.4) is 0 Å². The van der Waals surface area contributed by atoms with E-state index < -0.39 is 0 Å². The van der Waals surface area contributed by atoms with Gasteiger partial charge in [0.05, 0.1) is 0 Å². The van der Waals surface area contributed by atoms with Crippen molar-refractivity contribution in [1.29, 1.82) is 0 Å². The van der Waals surface area contributed by atoms with Gasteiger partial charge in [-0.05, 0) is 29.8 Å². The number of rotatable bonds is 4. The third-order valence-electron chi connectivity index (χ3n) is 3.60. The lowest BCUT2D eigenvalue weighted by molar-refractivity contribution is 0.976. The summed E-state index contributed by atoms with van der Waals surface area (Å²) in [6.07, 6.45) is 0. The van der Waals surface area contributed by atoms with E-state index in [9.17, 15) is 0 Å². The molecule has 0 spiro atoms. The first-order valence-corrected chi connectivity index (χ1v) is 7.26. The Morgan fingerprint density at radius 1 is 0.619 bits per heavy atom. The van der Waals surface area contributed by atoms with Crippen molar-refractivity contribution < 1.29 is 0 Å². The molecule has 1 nitrogen and oxygen atoms in total. The summed E-state index contributed by atoms with van der Waals surface area (Å²) in [6, 6.07) is 29.8. The normalized spacial score (nSPS) is 10.3. The van der Waals surface area contributed by atoms with Crippen LogP contribution in [-0.4, -0.2) is 7.85 Å². The van der Waals surface area contributed by atoms with Crippen LogP contribution in [-0.2, 0) is 6.54 Å². The largest absolute Gasteiger partial charge is 0.337 e. The van der Waals surface area contributed by atoms with E-state index in [-0.39, 0.29) is 0 Å². The number of anilines is 2. The maximum absolute atomic E-state index is 2.34. The Morgan fingerprint density at radius 3 is 1.57 bits per heavy atom. The van der Waals surface area contributed by atoms with Gasteiger partial charge in [0.15, 0.2) is 0 Å². The van der Waals surface area contributed by atoms with Crippen molar-refractivity contribution in [2.24, 2.45) is 0 Å². The second kappa shape index (κ2) is 6.32. The van der Waals surface area contributed by atoms with Crippen molar-refractivity contribution in [2.45, 2.75) is 6.54 Å². The van der Waals surface area contributed by atoms with Crippen molar-refractivity contribution in [1.82, 2.24) is 0 Å². The molecule has 3 aromatic rings. The van der Waals surface area contributed by atoms with E-state index in [1.807, 2.05) is 0 Å². The predicted molar refractivity (Wildman–Crippen MR) is 93.3 cm³/mol. The van der Waals surface area contributed by atoms with Crippen molar-refractivity contribution in [3.63, 3.8) is 0 Å². The summed E-state index contributed by atoms with van der Waals surface area (Å²) in [5, 5.41) is 0. The van der Waals surface area contributed by atoms with Crippen molar-refractivity contribution in [3.8, 4) is 0 Å². The maximum atomic E-state index is 2.34. The summed E-state index contributed by atoms with van der Waals surface area (Å²) >= 11 is 0. The molecule has 0 amide bonds. The SMILES string of the molecule is Bc1ccc(CN(c2ccccc2)c2ccccc2)cc1. The predicted octanol–water partition coefficient (Wildman–Crippen LogP) is 3.28. The van der Waals surface area contributed by atoms with Gasteiger partial charge < -0.3 is 4.90 Å². The molecule has 3 aromatic carbocycles. The Bertz CT molecular complexity index is 638. The number of hydrogen-bond acceptors (Lipinski definition) is 1. The number of nitrogens with zero attached hydrogens (tertiary/aromatic N) is 1. The zero-order valence-electron chi connectivity index (χ0n) is 12.2. The Labute approximate surface area is 127 Å². The molecule has 0 aliphatic carbocycles. The minimum atomic E-state index is 0.869. The summed E-state index contributed by atoms with van der Waals surface area (Å²) in [7, 11) is 2.12. The highest BCUT2D eigenvalue weighted by Gasteiger charge is 2.09. The van der Waals surface area contributed by atoms with Crippen LogP contribution in [0.25, 0.3) is 0 Å². The average Bonchev–Trinajstić information content (AvgIpc) is 2.56. The molecule has 0 radical (unpaired) electrons. The quantitative estimate of drug-likeness (QED) is 0.658. The van der Waals surface area contributed by atoms with Gasteiger partial charge in [0, 0.05) is 17.9 Å². The third kappa shape index (κ3) is 3.35. The van der Waals surface area contributed by atoms with Gasteiger partial charge in [-0.15, -0.1) is 0 Å². The Kier molecular flexibility index (Phi) is 4.06. The fourth-order valence-corrected chi connectivity index (χ4v) is 2.42. The van der Waals surface area contributed by atoms with Gasteiger partial charge >= 0.3 is 0 Å². The minimum Gasteiger partial charge on any atom is -0.337 e. The molecule has 0 aliphatic rings.